The average molecular weight is 429 g/mol. The molecule has 2 aromatic rings. The molecule has 2 N–H and O–H groups in total. The van der Waals surface area contributed by atoms with Gasteiger partial charge in [0.25, 0.3) is 11.6 Å². The van der Waals surface area contributed by atoms with Crippen molar-refractivity contribution in [1.29, 1.82) is 0 Å². The molecule has 5 nitrogen and oxygen atoms in total. The van der Waals surface area contributed by atoms with E-state index < -0.39 is 24.2 Å². The maximum atomic E-state index is 13.5. The van der Waals surface area contributed by atoms with Crippen LogP contribution < -0.4 is 0 Å². The van der Waals surface area contributed by atoms with Gasteiger partial charge < -0.3 is 10.2 Å². The van der Waals surface area contributed by atoms with Crippen LogP contribution in [0.25, 0.3) is 0 Å². The fourth-order valence-corrected chi connectivity index (χ4v) is 2.81. The number of hydrogen-bond donors (Lipinski definition) is 2. The second-order valence-corrected chi connectivity index (χ2v) is 6.63. The molecule has 0 fully saturated rings. The maximum Gasteiger partial charge on any atom is 0.438 e. The molecule has 1 amide bonds. The van der Waals surface area contributed by atoms with Gasteiger partial charge in [0, 0.05) is 10.0 Å². The summed E-state index contributed by atoms with van der Waals surface area (Å²) in [6.45, 7) is 0. The monoisotopic (exact) mass is 428 g/mol. The lowest BCUT2D eigenvalue weighted by molar-refractivity contribution is -0.297. The molecule has 136 valence electrons. The van der Waals surface area contributed by atoms with Gasteiger partial charge in [0.05, 0.1) is 12.1 Å². The Kier molecular flexibility index (Phi) is 4.53. The molecular weight excluding hydrogens is 417 g/mol. The Labute approximate surface area is 154 Å². The highest BCUT2D eigenvalue weighted by Gasteiger charge is 2.63. The number of phenols is 1. The minimum absolute atomic E-state index is 0.0269. The van der Waals surface area contributed by atoms with Crippen molar-refractivity contribution in [2.24, 2.45) is 5.10 Å². The van der Waals surface area contributed by atoms with Gasteiger partial charge in [-0.1, -0.05) is 34.1 Å². The molecule has 0 spiro atoms. The topological polar surface area (TPSA) is 73.1 Å². The average Bonchev–Trinajstić information content (AvgIpc) is 2.94. The van der Waals surface area contributed by atoms with Crippen molar-refractivity contribution in [3.8, 4) is 5.75 Å². The molecular formula is C17H12BrF3N2O3. The number of hydrazone groups is 1. The standard InChI is InChI=1S/C17H12BrF3N2O3/c18-12-6-4-10(5-7-12)14-9-16(26,17(19,20)21)23(22-14)15(25)11-2-1-3-13(24)8-11/h1-8,24,26H,9H2/t16-/m1/s1. The third-order valence-electron chi connectivity index (χ3n) is 3.90. The third-order valence-corrected chi connectivity index (χ3v) is 4.43. The molecule has 9 heteroatoms. The fourth-order valence-electron chi connectivity index (χ4n) is 2.54. The molecule has 3 rings (SSSR count). The van der Waals surface area contributed by atoms with Crippen molar-refractivity contribution in [2.75, 3.05) is 0 Å². The molecule has 0 saturated carbocycles. The third kappa shape index (κ3) is 3.19. The van der Waals surface area contributed by atoms with E-state index in [0.29, 0.717) is 5.56 Å². The van der Waals surface area contributed by atoms with Gasteiger partial charge in [-0.25, -0.2) is 0 Å². The summed E-state index contributed by atoms with van der Waals surface area (Å²) in [6, 6.07) is 11.1. The van der Waals surface area contributed by atoms with E-state index in [0.717, 1.165) is 10.5 Å². The predicted octanol–water partition coefficient (Wildman–Crippen LogP) is 3.66. The Morgan fingerprint density at radius 1 is 1.19 bits per heavy atom. The van der Waals surface area contributed by atoms with E-state index in [9.17, 15) is 28.2 Å². The van der Waals surface area contributed by atoms with E-state index in [1.165, 1.54) is 30.3 Å². The van der Waals surface area contributed by atoms with Crippen LogP contribution in [0.5, 0.6) is 5.75 Å². The number of carbonyl (C=O) groups is 1. The maximum absolute atomic E-state index is 13.5. The summed E-state index contributed by atoms with van der Waals surface area (Å²) in [5, 5.41) is 23.5. The molecule has 2 aromatic carbocycles. The van der Waals surface area contributed by atoms with E-state index >= 15 is 0 Å². The Hall–Kier alpha value is -2.39. The smallest absolute Gasteiger partial charge is 0.438 e. The summed E-state index contributed by atoms with van der Waals surface area (Å²) in [5.41, 5.74) is -3.43. The minimum atomic E-state index is -5.12. The summed E-state index contributed by atoms with van der Waals surface area (Å²) in [4.78, 5) is 12.5. The number of amides is 1. The van der Waals surface area contributed by atoms with Crippen LogP contribution in [0.4, 0.5) is 13.2 Å². The van der Waals surface area contributed by atoms with Crippen molar-refractivity contribution in [2.45, 2.75) is 18.3 Å². The lowest BCUT2D eigenvalue weighted by Gasteiger charge is -2.32. The van der Waals surface area contributed by atoms with Crippen molar-refractivity contribution < 1.29 is 28.2 Å². The number of rotatable bonds is 2. The van der Waals surface area contributed by atoms with Crippen LogP contribution in [0.2, 0.25) is 0 Å². The molecule has 0 unspecified atom stereocenters. The minimum Gasteiger partial charge on any atom is -0.508 e. The molecule has 26 heavy (non-hydrogen) atoms. The number of halogens is 4. The van der Waals surface area contributed by atoms with Gasteiger partial charge in [0.2, 0.25) is 0 Å². The van der Waals surface area contributed by atoms with E-state index in [4.69, 9.17) is 0 Å². The molecule has 0 aliphatic carbocycles. The first kappa shape index (κ1) is 18.4. The number of hydrogen-bond acceptors (Lipinski definition) is 4. The Balaban J connectivity index is 2.05. The van der Waals surface area contributed by atoms with Crippen LogP contribution in [-0.4, -0.2) is 38.7 Å². The summed E-state index contributed by atoms with van der Waals surface area (Å²) in [5.74, 6) is -1.46. The molecule has 1 aliphatic heterocycles. The number of aromatic hydroxyl groups is 1. The molecule has 1 aliphatic rings. The molecule has 0 aromatic heterocycles. The van der Waals surface area contributed by atoms with Crippen LogP contribution in [0, 0.1) is 0 Å². The molecule has 0 bridgehead atoms. The fraction of sp³-hybridized carbons (Fsp3) is 0.176. The number of alkyl halides is 3. The molecule has 0 radical (unpaired) electrons. The first-order valence-electron chi connectivity index (χ1n) is 7.38. The quantitative estimate of drug-likeness (QED) is 0.766. The first-order chi connectivity index (χ1) is 12.1. The van der Waals surface area contributed by atoms with Crippen LogP contribution in [0.15, 0.2) is 58.1 Å². The van der Waals surface area contributed by atoms with Crippen molar-refractivity contribution in [3.63, 3.8) is 0 Å². The van der Waals surface area contributed by atoms with Crippen LogP contribution in [0.3, 0.4) is 0 Å². The van der Waals surface area contributed by atoms with Gasteiger partial charge in [-0.05, 0) is 35.9 Å². The first-order valence-corrected chi connectivity index (χ1v) is 8.17. The Bertz CT molecular complexity index is 884. The zero-order valence-corrected chi connectivity index (χ0v) is 14.6. The van der Waals surface area contributed by atoms with Gasteiger partial charge in [-0.15, -0.1) is 0 Å². The molecule has 1 heterocycles. The second-order valence-electron chi connectivity index (χ2n) is 5.71. The van der Waals surface area contributed by atoms with E-state index in [-0.39, 0.29) is 22.0 Å². The number of phenolic OH excluding ortho intramolecular Hbond substituents is 1. The summed E-state index contributed by atoms with van der Waals surface area (Å²) >= 11 is 3.22. The van der Waals surface area contributed by atoms with E-state index in [2.05, 4.69) is 21.0 Å². The lowest BCUT2D eigenvalue weighted by Crippen LogP contribution is -2.56. The van der Waals surface area contributed by atoms with Gasteiger partial charge >= 0.3 is 6.18 Å². The molecule has 1 atom stereocenters. The summed E-state index contributed by atoms with van der Waals surface area (Å²) in [6.07, 6.45) is -6.03. The van der Waals surface area contributed by atoms with Gasteiger partial charge in [-0.3, -0.25) is 4.79 Å². The van der Waals surface area contributed by atoms with Crippen molar-refractivity contribution in [1.82, 2.24) is 5.01 Å². The Morgan fingerprint density at radius 2 is 1.85 bits per heavy atom. The number of nitrogens with zero attached hydrogens (tertiary/aromatic N) is 2. The summed E-state index contributed by atoms with van der Waals surface area (Å²) in [7, 11) is 0. The predicted molar refractivity (Wildman–Crippen MR) is 90.6 cm³/mol. The number of carbonyl (C=O) groups excluding carboxylic acids is 1. The number of benzene rings is 2. The van der Waals surface area contributed by atoms with Crippen molar-refractivity contribution in [3.05, 3.63) is 64.1 Å². The highest BCUT2D eigenvalue weighted by atomic mass is 79.9. The van der Waals surface area contributed by atoms with E-state index in [1.807, 2.05) is 0 Å². The second kappa shape index (κ2) is 6.40. The Morgan fingerprint density at radius 3 is 2.42 bits per heavy atom. The zero-order valence-electron chi connectivity index (χ0n) is 13.0. The SMILES string of the molecule is O=C(c1cccc(O)c1)N1N=C(c2ccc(Br)cc2)C[C@@]1(O)C(F)(F)F. The van der Waals surface area contributed by atoms with Gasteiger partial charge in [0.1, 0.15) is 5.75 Å². The molecule has 0 saturated heterocycles. The van der Waals surface area contributed by atoms with Gasteiger partial charge in [0.15, 0.2) is 0 Å². The normalized spacial score (nSPS) is 20.2. The number of aliphatic hydroxyl groups is 1. The van der Waals surface area contributed by atoms with Crippen LogP contribution >= 0.6 is 15.9 Å². The zero-order chi connectivity index (χ0) is 19.1. The lowest BCUT2D eigenvalue weighted by atomic mass is 10.0. The van der Waals surface area contributed by atoms with E-state index in [1.54, 1.807) is 12.1 Å². The van der Waals surface area contributed by atoms with Crippen LogP contribution in [0.1, 0.15) is 22.3 Å². The highest BCUT2D eigenvalue weighted by molar-refractivity contribution is 9.10. The highest BCUT2D eigenvalue weighted by Crippen LogP contribution is 2.42. The van der Waals surface area contributed by atoms with Crippen LogP contribution in [-0.2, 0) is 0 Å². The largest absolute Gasteiger partial charge is 0.508 e. The summed E-state index contributed by atoms with van der Waals surface area (Å²) < 4.78 is 41.3. The van der Waals surface area contributed by atoms with Crippen molar-refractivity contribution >= 4 is 27.5 Å². The van der Waals surface area contributed by atoms with Gasteiger partial charge in [-0.2, -0.15) is 23.3 Å².